The van der Waals surface area contributed by atoms with Gasteiger partial charge in [-0.3, -0.25) is 0 Å². The second-order valence-corrected chi connectivity index (χ2v) is 4.88. The van der Waals surface area contributed by atoms with Crippen molar-refractivity contribution in [3.8, 4) is 0 Å². The first-order chi connectivity index (χ1) is 6.95. The standard InChI is InChI=1S/C12H24N2/c1-2-4-6-11(5-3-1)14-12-7-9-13-10-8-12/h11-14H,1-10H2. The molecule has 1 saturated carbocycles. The topological polar surface area (TPSA) is 24.1 Å². The highest BCUT2D eigenvalue weighted by atomic mass is 15.0. The summed E-state index contributed by atoms with van der Waals surface area (Å²) in [6.45, 7) is 2.43. The van der Waals surface area contributed by atoms with E-state index in [2.05, 4.69) is 10.6 Å². The Morgan fingerprint density at radius 1 is 0.714 bits per heavy atom. The van der Waals surface area contributed by atoms with Crippen LogP contribution in [0.5, 0.6) is 0 Å². The van der Waals surface area contributed by atoms with Crippen LogP contribution >= 0.6 is 0 Å². The first-order valence-corrected chi connectivity index (χ1v) is 6.42. The second kappa shape index (κ2) is 5.72. The Balaban J connectivity index is 1.71. The van der Waals surface area contributed by atoms with Crippen molar-refractivity contribution in [1.29, 1.82) is 0 Å². The van der Waals surface area contributed by atoms with Gasteiger partial charge in [0.2, 0.25) is 0 Å². The Bertz CT molecular complexity index is 144. The molecule has 0 amide bonds. The van der Waals surface area contributed by atoms with E-state index in [1.165, 1.54) is 64.5 Å². The Morgan fingerprint density at radius 2 is 1.29 bits per heavy atom. The minimum Gasteiger partial charge on any atom is -0.317 e. The van der Waals surface area contributed by atoms with Crippen molar-refractivity contribution in [3.05, 3.63) is 0 Å². The number of hydrogen-bond acceptors (Lipinski definition) is 2. The summed E-state index contributed by atoms with van der Waals surface area (Å²) in [6.07, 6.45) is 11.3. The minimum absolute atomic E-state index is 0.805. The van der Waals surface area contributed by atoms with E-state index in [4.69, 9.17) is 0 Å². The van der Waals surface area contributed by atoms with Crippen LogP contribution in [0.2, 0.25) is 0 Å². The minimum atomic E-state index is 0.805. The van der Waals surface area contributed by atoms with Crippen LogP contribution in [0.15, 0.2) is 0 Å². The molecule has 0 atom stereocenters. The smallest absolute Gasteiger partial charge is 0.00938 e. The second-order valence-electron chi connectivity index (χ2n) is 4.88. The fraction of sp³-hybridized carbons (Fsp3) is 1.00. The summed E-state index contributed by atoms with van der Waals surface area (Å²) in [4.78, 5) is 0. The molecule has 0 aromatic rings. The molecule has 0 bridgehead atoms. The molecule has 0 aromatic carbocycles. The third-order valence-electron chi connectivity index (χ3n) is 3.67. The summed E-state index contributed by atoms with van der Waals surface area (Å²) >= 11 is 0. The highest BCUT2D eigenvalue weighted by Gasteiger charge is 2.18. The van der Waals surface area contributed by atoms with Crippen molar-refractivity contribution in [2.75, 3.05) is 13.1 Å². The Kier molecular flexibility index (Phi) is 4.26. The average Bonchev–Trinajstić information content (AvgIpc) is 2.48. The third-order valence-corrected chi connectivity index (χ3v) is 3.67. The lowest BCUT2D eigenvalue weighted by Crippen LogP contribution is -2.44. The molecule has 2 heteroatoms. The van der Waals surface area contributed by atoms with Crippen molar-refractivity contribution >= 4 is 0 Å². The molecule has 1 heterocycles. The average molecular weight is 196 g/mol. The zero-order chi connectivity index (χ0) is 9.64. The van der Waals surface area contributed by atoms with Gasteiger partial charge in [-0.25, -0.2) is 0 Å². The maximum atomic E-state index is 3.86. The lowest BCUT2D eigenvalue weighted by Gasteiger charge is -2.28. The summed E-state index contributed by atoms with van der Waals surface area (Å²) in [7, 11) is 0. The summed E-state index contributed by atoms with van der Waals surface area (Å²) in [5.41, 5.74) is 0. The van der Waals surface area contributed by atoms with E-state index < -0.39 is 0 Å². The number of piperidine rings is 1. The molecule has 2 aliphatic rings. The summed E-state index contributed by atoms with van der Waals surface area (Å²) in [5, 5.41) is 7.28. The first kappa shape index (κ1) is 10.4. The fourth-order valence-corrected chi connectivity index (χ4v) is 2.77. The van der Waals surface area contributed by atoms with Crippen LogP contribution in [0, 0.1) is 0 Å². The Hall–Kier alpha value is -0.0800. The van der Waals surface area contributed by atoms with Gasteiger partial charge in [0.25, 0.3) is 0 Å². The van der Waals surface area contributed by atoms with E-state index >= 15 is 0 Å². The van der Waals surface area contributed by atoms with Gasteiger partial charge >= 0.3 is 0 Å². The molecule has 2 fully saturated rings. The Morgan fingerprint density at radius 3 is 1.93 bits per heavy atom. The molecule has 1 aliphatic carbocycles. The highest BCUT2D eigenvalue weighted by Crippen LogP contribution is 2.18. The van der Waals surface area contributed by atoms with E-state index in [1.54, 1.807) is 0 Å². The van der Waals surface area contributed by atoms with Crippen LogP contribution in [0.3, 0.4) is 0 Å². The van der Waals surface area contributed by atoms with Gasteiger partial charge in [-0.05, 0) is 38.8 Å². The van der Waals surface area contributed by atoms with Gasteiger partial charge in [-0.2, -0.15) is 0 Å². The summed E-state index contributed by atoms with van der Waals surface area (Å²) in [6, 6.07) is 1.64. The zero-order valence-corrected chi connectivity index (χ0v) is 9.23. The normalized spacial score (nSPS) is 27.4. The number of nitrogens with one attached hydrogen (secondary N) is 2. The van der Waals surface area contributed by atoms with Crippen molar-refractivity contribution in [1.82, 2.24) is 10.6 Å². The number of rotatable bonds is 2. The molecule has 82 valence electrons. The molecule has 1 aliphatic heterocycles. The van der Waals surface area contributed by atoms with Gasteiger partial charge in [0, 0.05) is 12.1 Å². The zero-order valence-electron chi connectivity index (χ0n) is 9.23. The molecule has 14 heavy (non-hydrogen) atoms. The van der Waals surface area contributed by atoms with Gasteiger partial charge in [0.05, 0.1) is 0 Å². The molecule has 0 aromatic heterocycles. The molecule has 1 saturated heterocycles. The maximum absolute atomic E-state index is 3.86. The molecular weight excluding hydrogens is 172 g/mol. The first-order valence-electron chi connectivity index (χ1n) is 6.42. The molecule has 2 nitrogen and oxygen atoms in total. The van der Waals surface area contributed by atoms with E-state index in [1.807, 2.05) is 0 Å². The van der Waals surface area contributed by atoms with Crippen LogP contribution < -0.4 is 10.6 Å². The van der Waals surface area contributed by atoms with Crippen molar-refractivity contribution in [2.24, 2.45) is 0 Å². The Labute approximate surface area is 87.8 Å². The maximum Gasteiger partial charge on any atom is 0.00938 e. The lowest BCUT2D eigenvalue weighted by molar-refractivity contribution is 0.330. The highest BCUT2D eigenvalue weighted by molar-refractivity contribution is 4.80. The van der Waals surface area contributed by atoms with Gasteiger partial charge in [-0.1, -0.05) is 25.7 Å². The predicted octanol–water partition coefficient (Wildman–Crippen LogP) is 2.05. The van der Waals surface area contributed by atoms with E-state index in [0.717, 1.165) is 12.1 Å². The van der Waals surface area contributed by atoms with Gasteiger partial charge in [-0.15, -0.1) is 0 Å². The molecule has 0 spiro atoms. The van der Waals surface area contributed by atoms with Crippen LogP contribution in [0.25, 0.3) is 0 Å². The van der Waals surface area contributed by atoms with Gasteiger partial charge < -0.3 is 10.6 Å². The van der Waals surface area contributed by atoms with Gasteiger partial charge in [0.1, 0.15) is 0 Å². The van der Waals surface area contributed by atoms with Crippen molar-refractivity contribution < 1.29 is 0 Å². The van der Waals surface area contributed by atoms with E-state index in [-0.39, 0.29) is 0 Å². The summed E-state index contributed by atoms with van der Waals surface area (Å²) < 4.78 is 0. The molecular formula is C12H24N2. The van der Waals surface area contributed by atoms with Crippen LogP contribution in [-0.4, -0.2) is 25.2 Å². The third kappa shape index (κ3) is 3.25. The van der Waals surface area contributed by atoms with Crippen LogP contribution in [-0.2, 0) is 0 Å². The van der Waals surface area contributed by atoms with Crippen molar-refractivity contribution in [3.63, 3.8) is 0 Å². The monoisotopic (exact) mass is 196 g/mol. The van der Waals surface area contributed by atoms with Crippen LogP contribution in [0.4, 0.5) is 0 Å². The quantitative estimate of drug-likeness (QED) is 0.661. The molecule has 2 N–H and O–H groups in total. The predicted molar refractivity (Wildman–Crippen MR) is 60.5 cm³/mol. The van der Waals surface area contributed by atoms with Gasteiger partial charge in [0.15, 0.2) is 0 Å². The van der Waals surface area contributed by atoms with E-state index in [0.29, 0.717) is 0 Å². The largest absolute Gasteiger partial charge is 0.317 e. The SMILES string of the molecule is C1CCCC(NC2CCNCC2)CC1. The van der Waals surface area contributed by atoms with Crippen molar-refractivity contribution in [2.45, 2.75) is 63.5 Å². The molecule has 0 unspecified atom stereocenters. The summed E-state index contributed by atoms with van der Waals surface area (Å²) in [5.74, 6) is 0. The number of hydrogen-bond donors (Lipinski definition) is 2. The van der Waals surface area contributed by atoms with E-state index in [9.17, 15) is 0 Å². The molecule has 0 radical (unpaired) electrons. The van der Waals surface area contributed by atoms with Crippen LogP contribution in [0.1, 0.15) is 51.4 Å². The molecule has 2 rings (SSSR count). The lowest BCUT2D eigenvalue weighted by atomic mass is 10.0. The fourth-order valence-electron chi connectivity index (χ4n) is 2.77.